The molecule has 4 rings (SSSR count). The van der Waals surface area contributed by atoms with Gasteiger partial charge in [-0.2, -0.15) is 4.98 Å². The number of halogens is 1. The molecule has 3 heterocycles. The molecule has 26 heavy (non-hydrogen) atoms. The minimum absolute atomic E-state index is 0.271. The number of nitrogens with one attached hydrogen (secondary N) is 2. The number of thiophene rings is 1. The number of nitrogens with zero attached hydrogens (tertiary/aromatic N) is 2. The molecule has 2 N–H and O–H groups in total. The smallest absolute Gasteiger partial charge is 0.224 e. The van der Waals surface area contributed by atoms with Crippen molar-refractivity contribution in [2.45, 2.75) is 58.2 Å². The molecule has 1 aliphatic carbocycles. The molecule has 3 aromatic rings. The summed E-state index contributed by atoms with van der Waals surface area (Å²) in [6.45, 7) is 4.96. The maximum absolute atomic E-state index is 6.17. The second-order valence-corrected chi connectivity index (χ2v) is 8.45. The van der Waals surface area contributed by atoms with E-state index in [9.17, 15) is 0 Å². The largest absolute Gasteiger partial charge is 0.467 e. The fourth-order valence-electron chi connectivity index (χ4n) is 3.32. The van der Waals surface area contributed by atoms with E-state index in [1.807, 2.05) is 12.1 Å². The number of furan rings is 1. The molecule has 7 heteroatoms. The summed E-state index contributed by atoms with van der Waals surface area (Å²) in [6, 6.07) is 4.96. The van der Waals surface area contributed by atoms with Crippen LogP contribution in [0.3, 0.4) is 0 Å². The van der Waals surface area contributed by atoms with Gasteiger partial charge in [0.2, 0.25) is 5.28 Å². The van der Waals surface area contributed by atoms with Crippen LogP contribution < -0.4 is 10.6 Å². The van der Waals surface area contributed by atoms with Gasteiger partial charge in [0.1, 0.15) is 11.6 Å². The highest BCUT2D eigenvalue weighted by Crippen LogP contribution is 2.35. The van der Waals surface area contributed by atoms with Crippen molar-refractivity contribution in [2.75, 3.05) is 5.32 Å². The molecule has 0 saturated heterocycles. The molecular formula is C19H23ClN4OS. The Hall–Kier alpha value is -1.63. The Morgan fingerprint density at radius 1 is 1.38 bits per heavy atom. The van der Waals surface area contributed by atoms with Crippen LogP contribution >= 0.6 is 22.9 Å². The van der Waals surface area contributed by atoms with E-state index >= 15 is 0 Å². The monoisotopic (exact) mass is 390 g/mol. The normalized spacial score (nSPS) is 16.0. The summed E-state index contributed by atoms with van der Waals surface area (Å²) in [4.78, 5) is 10.2. The van der Waals surface area contributed by atoms with Crippen molar-refractivity contribution < 1.29 is 4.42 Å². The molecule has 0 radical (unpaired) electrons. The first-order valence-corrected chi connectivity index (χ1v) is 10.3. The van der Waals surface area contributed by atoms with Gasteiger partial charge in [0, 0.05) is 17.0 Å². The minimum Gasteiger partial charge on any atom is -0.467 e. The van der Waals surface area contributed by atoms with Gasteiger partial charge in [-0.05, 0) is 62.4 Å². The van der Waals surface area contributed by atoms with E-state index in [1.54, 1.807) is 17.6 Å². The average molecular weight is 391 g/mol. The third-order valence-electron chi connectivity index (χ3n) is 4.96. The lowest BCUT2D eigenvalue weighted by atomic mass is 9.92. The van der Waals surface area contributed by atoms with E-state index in [4.69, 9.17) is 16.0 Å². The van der Waals surface area contributed by atoms with Crippen molar-refractivity contribution in [1.29, 1.82) is 0 Å². The maximum Gasteiger partial charge on any atom is 0.224 e. The van der Waals surface area contributed by atoms with Crippen molar-refractivity contribution in [3.63, 3.8) is 0 Å². The zero-order valence-corrected chi connectivity index (χ0v) is 16.6. The maximum atomic E-state index is 6.17. The summed E-state index contributed by atoms with van der Waals surface area (Å²) in [5.41, 5.74) is 2.15. The third-order valence-corrected chi connectivity index (χ3v) is 6.44. The topological polar surface area (TPSA) is 63.0 Å². The zero-order chi connectivity index (χ0) is 18.1. The lowest BCUT2D eigenvalue weighted by molar-refractivity contribution is 0.310. The first kappa shape index (κ1) is 17.8. The van der Waals surface area contributed by atoms with E-state index in [1.165, 1.54) is 29.7 Å². The van der Waals surface area contributed by atoms with Gasteiger partial charge in [0.05, 0.1) is 23.0 Å². The molecule has 0 aromatic carbocycles. The van der Waals surface area contributed by atoms with Gasteiger partial charge >= 0.3 is 0 Å². The highest BCUT2D eigenvalue weighted by atomic mass is 35.5. The van der Waals surface area contributed by atoms with Crippen LogP contribution in [-0.4, -0.2) is 22.1 Å². The average Bonchev–Trinajstić information content (AvgIpc) is 3.19. The number of hydrogen-bond acceptors (Lipinski definition) is 6. The molecule has 1 atom stereocenters. The Morgan fingerprint density at radius 3 is 2.92 bits per heavy atom. The van der Waals surface area contributed by atoms with Crippen molar-refractivity contribution in [1.82, 2.24) is 15.3 Å². The number of fused-ring (bicyclic) bond motifs is 1. The van der Waals surface area contributed by atoms with Crippen molar-refractivity contribution in [2.24, 2.45) is 0 Å². The second-order valence-electron chi connectivity index (χ2n) is 7.00. The van der Waals surface area contributed by atoms with Gasteiger partial charge in [-0.1, -0.05) is 6.42 Å². The summed E-state index contributed by atoms with van der Waals surface area (Å²) >= 11 is 7.93. The summed E-state index contributed by atoms with van der Waals surface area (Å²) in [5, 5.41) is 7.33. The standard InChI is InChI=1S/C19H23ClN4OS/c1-11(22-13-5-3-6-13)9-15-12(2)16-17(26-15)18(24-19(20)23-16)21-10-14-7-4-8-25-14/h4,7-8,11,13,22H,3,5-6,9-10H2,1-2H3,(H,21,23,24)/t11-/m0/s1. The predicted molar refractivity (Wildman–Crippen MR) is 107 cm³/mol. The SMILES string of the molecule is Cc1c(C[C@H](C)NC2CCC2)sc2c(NCc3ccco3)nc(Cl)nc12. The van der Waals surface area contributed by atoms with Crippen molar-refractivity contribution >= 4 is 39.0 Å². The molecule has 0 amide bonds. The number of aromatic nitrogens is 2. The predicted octanol–water partition coefficient (Wildman–Crippen LogP) is 4.93. The summed E-state index contributed by atoms with van der Waals surface area (Å²) < 4.78 is 6.45. The third kappa shape index (κ3) is 3.72. The second kappa shape index (κ2) is 7.55. The number of hydrogen-bond donors (Lipinski definition) is 2. The van der Waals surface area contributed by atoms with Gasteiger partial charge in [0.15, 0.2) is 0 Å². The van der Waals surface area contributed by atoms with Crippen LogP contribution in [0.15, 0.2) is 22.8 Å². The molecule has 0 spiro atoms. The molecule has 0 aliphatic heterocycles. The lowest BCUT2D eigenvalue weighted by Crippen LogP contribution is -2.41. The Bertz CT molecular complexity index is 889. The zero-order valence-electron chi connectivity index (χ0n) is 15.0. The minimum atomic E-state index is 0.271. The summed E-state index contributed by atoms with van der Waals surface area (Å²) in [6.07, 6.45) is 6.63. The number of rotatable bonds is 7. The molecule has 1 saturated carbocycles. The van der Waals surface area contributed by atoms with Crippen LogP contribution in [0.1, 0.15) is 42.4 Å². The number of anilines is 1. The lowest BCUT2D eigenvalue weighted by Gasteiger charge is -2.30. The van der Waals surface area contributed by atoms with Gasteiger partial charge in [0.25, 0.3) is 0 Å². The van der Waals surface area contributed by atoms with Crippen LogP contribution in [0.25, 0.3) is 10.2 Å². The molecule has 138 valence electrons. The van der Waals surface area contributed by atoms with E-state index in [-0.39, 0.29) is 5.28 Å². The van der Waals surface area contributed by atoms with E-state index in [2.05, 4.69) is 34.4 Å². The highest BCUT2D eigenvalue weighted by Gasteiger charge is 2.21. The van der Waals surface area contributed by atoms with Crippen molar-refractivity contribution in [3.8, 4) is 0 Å². The fraction of sp³-hybridized carbons (Fsp3) is 0.474. The molecule has 5 nitrogen and oxygen atoms in total. The highest BCUT2D eigenvalue weighted by molar-refractivity contribution is 7.19. The van der Waals surface area contributed by atoms with Gasteiger partial charge < -0.3 is 15.1 Å². The molecule has 1 aliphatic rings. The van der Waals surface area contributed by atoms with Crippen molar-refractivity contribution in [3.05, 3.63) is 39.9 Å². The Labute approximate surface area is 162 Å². The van der Waals surface area contributed by atoms with E-state index < -0.39 is 0 Å². The van der Waals surface area contributed by atoms with Crippen LogP contribution in [0.5, 0.6) is 0 Å². The first-order valence-electron chi connectivity index (χ1n) is 9.08. The summed E-state index contributed by atoms with van der Waals surface area (Å²) in [7, 11) is 0. The van der Waals surface area contributed by atoms with Crippen LogP contribution in [0.4, 0.5) is 5.82 Å². The fourth-order valence-corrected chi connectivity index (χ4v) is 4.83. The molecule has 0 unspecified atom stereocenters. The first-order chi connectivity index (χ1) is 12.6. The number of aryl methyl sites for hydroxylation is 1. The molecular weight excluding hydrogens is 368 g/mol. The Balaban J connectivity index is 1.57. The quantitative estimate of drug-likeness (QED) is 0.560. The molecule has 3 aromatic heterocycles. The van der Waals surface area contributed by atoms with Crippen LogP contribution in [-0.2, 0) is 13.0 Å². The molecule has 0 bridgehead atoms. The van der Waals surface area contributed by atoms with E-state index in [0.717, 1.165) is 28.2 Å². The van der Waals surface area contributed by atoms with E-state index in [0.29, 0.717) is 18.6 Å². The summed E-state index contributed by atoms with van der Waals surface area (Å²) in [5.74, 6) is 1.63. The van der Waals surface area contributed by atoms with Crippen LogP contribution in [0.2, 0.25) is 5.28 Å². The Morgan fingerprint density at radius 2 is 2.23 bits per heavy atom. The van der Waals surface area contributed by atoms with Gasteiger partial charge in [-0.3, -0.25) is 0 Å². The molecule has 1 fully saturated rings. The van der Waals surface area contributed by atoms with Crippen LogP contribution in [0, 0.1) is 6.92 Å². The Kier molecular flexibility index (Phi) is 5.16. The van der Waals surface area contributed by atoms with Gasteiger partial charge in [-0.15, -0.1) is 11.3 Å². The van der Waals surface area contributed by atoms with Gasteiger partial charge in [-0.25, -0.2) is 4.98 Å².